The minimum absolute atomic E-state index is 0.117. The number of nitrogens with one attached hydrogen (secondary N) is 1. The maximum absolute atomic E-state index is 12.9. The molecule has 0 radical (unpaired) electrons. The largest absolute Gasteiger partial charge is 0.497 e. The minimum atomic E-state index is -3.79. The van der Waals surface area contributed by atoms with E-state index in [1.54, 1.807) is 18.2 Å². The first-order valence-electron chi connectivity index (χ1n) is 9.07. The quantitative estimate of drug-likeness (QED) is 0.595. The van der Waals surface area contributed by atoms with Crippen LogP contribution in [0.15, 0.2) is 77.7 Å². The van der Waals surface area contributed by atoms with Crippen molar-refractivity contribution >= 4 is 33.2 Å². The van der Waals surface area contributed by atoms with Gasteiger partial charge in [-0.15, -0.1) is 0 Å². The summed E-state index contributed by atoms with van der Waals surface area (Å²) in [7, 11) is -0.854. The molecule has 0 spiro atoms. The van der Waals surface area contributed by atoms with Crippen LogP contribution in [0.1, 0.15) is 15.9 Å². The minimum Gasteiger partial charge on any atom is -0.497 e. The summed E-state index contributed by atoms with van der Waals surface area (Å²) in [6.45, 7) is 0.365. The second-order valence-corrected chi connectivity index (χ2v) is 8.86. The third-order valence-corrected chi connectivity index (χ3v) is 6.69. The molecule has 0 bridgehead atoms. The van der Waals surface area contributed by atoms with Gasteiger partial charge in [-0.3, -0.25) is 9.10 Å². The number of ether oxygens (including phenoxy) is 1. The van der Waals surface area contributed by atoms with Crippen molar-refractivity contribution < 1.29 is 17.9 Å². The highest BCUT2D eigenvalue weighted by Gasteiger charge is 2.22. The molecule has 3 rings (SSSR count). The average Bonchev–Trinajstić information content (AvgIpc) is 2.77. The lowest BCUT2D eigenvalue weighted by atomic mass is 10.1. The molecule has 0 atom stereocenters. The van der Waals surface area contributed by atoms with Crippen molar-refractivity contribution in [3.05, 3.63) is 88.9 Å². The summed E-state index contributed by atoms with van der Waals surface area (Å²) < 4.78 is 31.9. The van der Waals surface area contributed by atoms with E-state index in [0.29, 0.717) is 18.0 Å². The molecule has 0 aliphatic rings. The van der Waals surface area contributed by atoms with Gasteiger partial charge in [0.05, 0.1) is 28.3 Å². The Labute approximate surface area is 181 Å². The molecular weight excluding hydrogens is 424 g/mol. The number of amides is 1. The first-order chi connectivity index (χ1) is 14.3. The number of anilines is 1. The maximum Gasteiger partial charge on any atom is 0.264 e. The van der Waals surface area contributed by atoms with E-state index in [1.807, 2.05) is 30.3 Å². The molecule has 0 aromatic heterocycles. The second-order valence-electron chi connectivity index (χ2n) is 6.48. The first kappa shape index (κ1) is 21.7. The van der Waals surface area contributed by atoms with Crippen LogP contribution in [-0.2, 0) is 16.6 Å². The van der Waals surface area contributed by atoms with Crippen LogP contribution in [0.5, 0.6) is 5.75 Å². The van der Waals surface area contributed by atoms with Crippen molar-refractivity contribution in [1.82, 2.24) is 5.32 Å². The molecule has 0 saturated heterocycles. The van der Waals surface area contributed by atoms with E-state index in [-0.39, 0.29) is 21.4 Å². The van der Waals surface area contributed by atoms with Crippen molar-refractivity contribution in [3.63, 3.8) is 0 Å². The number of nitrogens with zero attached hydrogens (tertiary/aromatic N) is 1. The number of methoxy groups -OCH3 is 1. The Morgan fingerprint density at radius 2 is 1.70 bits per heavy atom. The lowest BCUT2D eigenvalue weighted by Gasteiger charge is -2.20. The zero-order valence-corrected chi connectivity index (χ0v) is 18.1. The van der Waals surface area contributed by atoms with Crippen LogP contribution < -0.4 is 14.4 Å². The Bertz CT molecular complexity index is 1130. The van der Waals surface area contributed by atoms with Crippen LogP contribution >= 0.6 is 11.6 Å². The van der Waals surface area contributed by atoms with E-state index in [1.165, 1.54) is 38.4 Å². The van der Waals surface area contributed by atoms with Crippen LogP contribution in [0.2, 0.25) is 5.02 Å². The van der Waals surface area contributed by atoms with Gasteiger partial charge in [-0.25, -0.2) is 8.42 Å². The van der Waals surface area contributed by atoms with E-state index in [9.17, 15) is 13.2 Å². The number of halogens is 1. The van der Waals surface area contributed by atoms with Gasteiger partial charge >= 0.3 is 0 Å². The molecular formula is C22H21ClN2O4S. The van der Waals surface area contributed by atoms with Crippen LogP contribution in [0.25, 0.3) is 0 Å². The summed E-state index contributed by atoms with van der Waals surface area (Å²) >= 11 is 6.29. The third kappa shape index (κ3) is 4.75. The van der Waals surface area contributed by atoms with Gasteiger partial charge in [0.25, 0.3) is 15.9 Å². The molecule has 0 unspecified atom stereocenters. The SMILES string of the molecule is COc1ccc(S(=O)(=O)N(C)c2ccc(C(=O)NCc3ccccc3)c(Cl)c2)cc1. The zero-order valence-electron chi connectivity index (χ0n) is 16.5. The van der Waals surface area contributed by atoms with Crippen molar-refractivity contribution in [2.45, 2.75) is 11.4 Å². The Morgan fingerprint density at radius 3 is 2.30 bits per heavy atom. The smallest absolute Gasteiger partial charge is 0.264 e. The lowest BCUT2D eigenvalue weighted by Crippen LogP contribution is -2.27. The van der Waals surface area contributed by atoms with Crippen molar-refractivity contribution in [2.24, 2.45) is 0 Å². The highest BCUT2D eigenvalue weighted by atomic mass is 35.5. The van der Waals surface area contributed by atoms with E-state index in [4.69, 9.17) is 16.3 Å². The number of carbonyl (C=O) groups is 1. The number of rotatable bonds is 7. The van der Waals surface area contributed by atoms with Crippen LogP contribution in [0, 0.1) is 0 Å². The lowest BCUT2D eigenvalue weighted by molar-refractivity contribution is 0.0951. The predicted molar refractivity (Wildman–Crippen MR) is 118 cm³/mol. The fourth-order valence-corrected chi connectivity index (χ4v) is 4.25. The van der Waals surface area contributed by atoms with E-state index in [2.05, 4.69) is 5.32 Å². The van der Waals surface area contributed by atoms with E-state index in [0.717, 1.165) is 9.87 Å². The number of hydrogen-bond acceptors (Lipinski definition) is 4. The Balaban J connectivity index is 1.77. The van der Waals surface area contributed by atoms with E-state index < -0.39 is 10.0 Å². The first-order valence-corrected chi connectivity index (χ1v) is 10.9. The average molecular weight is 445 g/mol. The van der Waals surface area contributed by atoms with Gasteiger partial charge in [0.1, 0.15) is 5.75 Å². The summed E-state index contributed by atoms with van der Waals surface area (Å²) in [5.74, 6) is 0.224. The fourth-order valence-electron chi connectivity index (χ4n) is 2.80. The predicted octanol–water partition coefficient (Wildman–Crippen LogP) is 4.10. The summed E-state index contributed by atoms with van der Waals surface area (Å²) in [5, 5.41) is 2.97. The molecule has 3 aromatic rings. The van der Waals surface area contributed by atoms with Gasteiger partial charge < -0.3 is 10.1 Å². The molecule has 0 fully saturated rings. The summed E-state index contributed by atoms with van der Waals surface area (Å²) in [5.41, 5.74) is 1.57. The van der Waals surface area contributed by atoms with Gasteiger partial charge in [0.2, 0.25) is 0 Å². The van der Waals surface area contributed by atoms with Gasteiger partial charge in [0, 0.05) is 13.6 Å². The summed E-state index contributed by atoms with van der Waals surface area (Å²) in [6, 6.07) is 20.1. The number of hydrogen-bond donors (Lipinski definition) is 1. The summed E-state index contributed by atoms with van der Waals surface area (Å²) in [6.07, 6.45) is 0. The molecule has 156 valence electrons. The molecule has 0 aliphatic heterocycles. The maximum atomic E-state index is 12.9. The van der Waals surface area contributed by atoms with Gasteiger partial charge in [-0.05, 0) is 48.0 Å². The molecule has 1 N–H and O–H groups in total. The molecule has 30 heavy (non-hydrogen) atoms. The van der Waals surface area contributed by atoms with Crippen molar-refractivity contribution in [3.8, 4) is 5.75 Å². The Morgan fingerprint density at radius 1 is 1.03 bits per heavy atom. The normalized spacial score (nSPS) is 11.0. The zero-order chi connectivity index (χ0) is 21.7. The molecule has 0 heterocycles. The third-order valence-electron chi connectivity index (χ3n) is 4.57. The monoisotopic (exact) mass is 444 g/mol. The Hall–Kier alpha value is -3.03. The molecule has 0 aliphatic carbocycles. The van der Waals surface area contributed by atoms with Crippen LogP contribution in [0.3, 0.4) is 0 Å². The van der Waals surface area contributed by atoms with Crippen molar-refractivity contribution in [1.29, 1.82) is 0 Å². The second kappa shape index (κ2) is 9.19. The van der Waals surface area contributed by atoms with Gasteiger partial charge in [0.15, 0.2) is 0 Å². The number of carbonyl (C=O) groups excluding carboxylic acids is 1. The van der Waals surface area contributed by atoms with Gasteiger partial charge in [-0.1, -0.05) is 41.9 Å². The van der Waals surface area contributed by atoms with Crippen molar-refractivity contribution in [2.75, 3.05) is 18.5 Å². The highest BCUT2D eigenvalue weighted by Crippen LogP contribution is 2.28. The van der Waals surface area contributed by atoms with Gasteiger partial charge in [-0.2, -0.15) is 0 Å². The van der Waals surface area contributed by atoms with E-state index >= 15 is 0 Å². The number of sulfonamides is 1. The fraction of sp³-hybridized carbons (Fsp3) is 0.136. The molecule has 3 aromatic carbocycles. The van der Waals surface area contributed by atoms with Crippen LogP contribution in [0.4, 0.5) is 5.69 Å². The standard InChI is InChI=1S/C22H21ClN2O4S/c1-25(30(27,28)19-11-9-18(29-2)10-12-19)17-8-13-20(21(23)14-17)22(26)24-15-16-6-4-3-5-7-16/h3-14H,15H2,1-2H3,(H,24,26). The molecule has 0 saturated carbocycles. The summed E-state index contributed by atoms with van der Waals surface area (Å²) in [4.78, 5) is 12.6. The highest BCUT2D eigenvalue weighted by molar-refractivity contribution is 7.92. The number of benzene rings is 3. The molecule has 1 amide bonds. The topological polar surface area (TPSA) is 75.7 Å². The van der Waals surface area contributed by atoms with Crippen LogP contribution in [-0.4, -0.2) is 28.5 Å². The molecule has 6 nitrogen and oxygen atoms in total. The Kier molecular flexibility index (Phi) is 6.64. The molecule has 8 heteroatoms.